The monoisotopic (exact) mass is 329 g/mol. The van der Waals surface area contributed by atoms with Gasteiger partial charge in [-0.2, -0.15) is 5.10 Å². The van der Waals surface area contributed by atoms with Crippen LogP contribution >= 0.6 is 0 Å². The molecule has 0 bridgehead atoms. The molecule has 0 unspecified atom stereocenters. The molecule has 2 aromatic heterocycles. The third kappa shape index (κ3) is 3.28. The van der Waals surface area contributed by atoms with Crippen molar-refractivity contribution in [3.05, 3.63) is 41.6 Å². The Bertz CT molecular complexity index is 678. The lowest BCUT2D eigenvalue weighted by atomic mass is 9.98. The second-order valence-electron chi connectivity index (χ2n) is 7.17. The summed E-state index contributed by atoms with van der Waals surface area (Å²) in [6.07, 6.45) is 7.60. The number of rotatable bonds is 6. The van der Waals surface area contributed by atoms with Gasteiger partial charge in [0, 0.05) is 36.9 Å². The maximum absolute atomic E-state index is 6.04. The second kappa shape index (κ2) is 6.73. The fourth-order valence-corrected chi connectivity index (χ4v) is 3.66. The molecule has 1 N–H and O–H groups in total. The summed E-state index contributed by atoms with van der Waals surface area (Å²) in [5.41, 5.74) is 1.17. The molecule has 1 aliphatic carbocycles. The van der Waals surface area contributed by atoms with E-state index in [1.54, 1.807) is 0 Å². The largest absolute Gasteiger partial charge is 0.464 e. The summed E-state index contributed by atoms with van der Waals surface area (Å²) in [5, 5.41) is 8.03. The Morgan fingerprint density at radius 1 is 1.38 bits per heavy atom. The highest BCUT2D eigenvalue weighted by atomic mass is 16.5. The normalized spacial score (nSPS) is 29.8. The van der Waals surface area contributed by atoms with Crippen LogP contribution in [0.1, 0.15) is 62.2 Å². The average Bonchev–Trinajstić information content (AvgIpc) is 3.05. The number of aryl methyl sites for hydroxylation is 1. The Balaban J connectivity index is 1.39. The third-order valence-corrected chi connectivity index (χ3v) is 5.32. The van der Waals surface area contributed by atoms with E-state index in [1.807, 2.05) is 10.9 Å². The van der Waals surface area contributed by atoms with Gasteiger partial charge in [-0.25, -0.2) is 0 Å². The fraction of sp³-hybridized carbons (Fsp3) is 0.632. The van der Waals surface area contributed by atoms with Crippen LogP contribution in [0.2, 0.25) is 0 Å². The van der Waals surface area contributed by atoms with Crippen LogP contribution in [0.3, 0.4) is 0 Å². The predicted octanol–water partition coefficient (Wildman–Crippen LogP) is 3.63. The molecule has 2 aliphatic rings. The Morgan fingerprint density at radius 2 is 2.25 bits per heavy atom. The molecular weight excluding hydrogens is 302 g/mol. The third-order valence-electron chi connectivity index (χ3n) is 5.32. The van der Waals surface area contributed by atoms with Gasteiger partial charge in [0.1, 0.15) is 17.6 Å². The first kappa shape index (κ1) is 15.9. The smallest absolute Gasteiger partial charge is 0.117 e. The molecule has 1 aliphatic heterocycles. The van der Waals surface area contributed by atoms with Crippen LogP contribution in [0, 0.1) is 5.92 Å². The van der Waals surface area contributed by atoms with Crippen LogP contribution in [-0.2, 0) is 17.8 Å². The maximum Gasteiger partial charge on any atom is 0.117 e. The van der Waals surface area contributed by atoms with E-state index in [1.165, 1.54) is 12.0 Å². The predicted molar refractivity (Wildman–Crippen MR) is 91.7 cm³/mol. The number of aromatic nitrogens is 2. The summed E-state index contributed by atoms with van der Waals surface area (Å²) >= 11 is 0. The van der Waals surface area contributed by atoms with Gasteiger partial charge in [0.15, 0.2) is 0 Å². The number of hydrogen-bond acceptors (Lipinski definition) is 4. The van der Waals surface area contributed by atoms with Crippen LogP contribution < -0.4 is 5.32 Å². The molecule has 5 nitrogen and oxygen atoms in total. The molecule has 0 amide bonds. The van der Waals surface area contributed by atoms with E-state index in [-0.39, 0.29) is 6.10 Å². The van der Waals surface area contributed by atoms with E-state index < -0.39 is 0 Å². The summed E-state index contributed by atoms with van der Waals surface area (Å²) in [7, 11) is 0. The zero-order valence-corrected chi connectivity index (χ0v) is 14.6. The van der Waals surface area contributed by atoms with E-state index in [0.29, 0.717) is 12.0 Å². The zero-order chi connectivity index (χ0) is 16.5. The summed E-state index contributed by atoms with van der Waals surface area (Å²) < 4.78 is 14.0. The van der Waals surface area contributed by atoms with E-state index >= 15 is 0 Å². The minimum atomic E-state index is 0.0805. The van der Waals surface area contributed by atoms with Gasteiger partial charge in [-0.1, -0.05) is 6.92 Å². The van der Waals surface area contributed by atoms with Gasteiger partial charge in [-0.15, -0.1) is 0 Å². The second-order valence-corrected chi connectivity index (χ2v) is 7.17. The number of nitrogens with one attached hydrogen (secondary N) is 1. The molecule has 0 spiro atoms. The zero-order valence-electron chi connectivity index (χ0n) is 14.6. The Labute approximate surface area is 143 Å². The van der Waals surface area contributed by atoms with Gasteiger partial charge in [-0.05, 0) is 44.2 Å². The van der Waals surface area contributed by atoms with E-state index in [2.05, 4.69) is 42.6 Å². The van der Waals surface area contributed by atoms with Crippen molar-refractivity contribution in [2.75, 3.05) is 6.61 Å². The summed E-state index contributed by atoms with van der Waals surface area (Å²) in [4.78, 5) is 0. The van der Waals surface area contributed by atoms with Gasteiger partial charge in [-0.3, -0.25) is 4.68 Å². The van der Waals surface area contributed by atoms with Crippen molar-refractivity contribution in [1.82, 2.24) is 15.1 Å². The minimum Gasteiger partial charge on any atom is -0.464 e. The fourth-order valence-electron chi connectivity index (χ4n) is 3.66. The molecule has 5 heteroatoms. The lowest BCUT2D eigenvalue weighted by Crippen LogP contribution is -2.38. The first-order chi connectivity index (χ1) is 11.7. The highest BCUT2D eigenvalue weighted by Gasteiger charge is 2.36. The Hall–Kier alpha value is -1.59. The van der Waals surface area contributed by atoms with E-state index in [0.717, 1.165) is 50.0 Å². The van der Waals surface area contributed by atoms with Gasteiger partial charge < -0.3 is 14.5 Å². The number of nitrogens with zero attached hydrogens (tertiary/aromatic N) is 2. The highest BCUT2D eigenvalue weighted by Crippen LogP contribution is 2.47. The molecule has 4 rings (SSSR count). The van der Waals surface area contributed by atoms with Gasteiger partial charge in [0.05, 0.1) is 12.7 Å². The minimum absolute atomic E-state index is 0.0805. The summed E-state index contributed by atoms with van der Waals surface area (Å²) in [5.74, 6) is 3.60. The van der Waals surface area contributed by atoms with Crippen molar-refractivity contribution in [3.8, 4) is 0 Å². The van der Waals surface area contributed by atoms with Gasteiger partial charge >= 0.3 is 0 Å². The van der Waals surface area contributed by atoms with Gasteiger partial charge in [0.2, 0.25) is 0 Å². The van der Waals surface area contributed by atoms with Crippen molar-refractivity contribution >= 4 is 0 Å². The van der Waals surface area contributed by atoms with Crippen molar-refractivity contribution in [2.45, 2.75) is 64.3 Å². The lowest BCUT2D eigenvalue weighted by Gasteiger charge is -2.31. The van der Waals surface area contributed by atoms with E-state index in [9.17, 15) is 0 Å². The molecular formula is C19H27N3O2. The number of hydrogen-bond donors (Lipinski definition) is 1. The summed E-state index contributed by atoms with van der Waals surface area (Å²) in [6, 6.07) is 4.56. The Morgan fingerprint density at radius 3 is 3.00 bits per heavy atom. The first-order valence-electron chi connectivity index (χ1n) is 9.20. The molecule has 2 aromatic rings. The maximum atomic E-state index is 6.04. The van der Waals surface area contributed by atoms with Crippen LogP contribution in [-0.4, -0.2) is 22.4 Å². The molecule has 1 saturated carbocycles. The molecule has 1 saturated heterocycles. The van der Waals surface area contributed by atoms with Crippen molar-refractivity contribution in [3.63, 3.8) is 0 Å². The topological polar surface area (TPSA) is 52.2 Å². The first-order valence-corrected chi connectivity index (χ1v) is 9.20. The van der Waals surface area contributed by atoms with Crippen molar-refractivity contribution in [2.24, 2.45) is 5.92 Å². The molecule has 2 fully saturated rings. The van der Waals surface area contributed by atoms with Crippen LogP contribution in [0.4, 0.5) is 0 Å². The molecule has 3 heterocycles. The van der Waals surface area contributed by atoms with Crippen LogP contribution in [0.25, 0.3) is 0 Å². The van der Waals surface area contributed by atoms with Crippen molar-refractivity contribution in [1.29, 1.82) is 0 Å². The SMILES string of the molecule is CCn1cc([C@H]2OCCC[C@@H]2NCc2ccc([C@@H]3C[C@H]3C)o2)cn1. The molecule has 130 valence electrons. The molecule has 0 radical (unpaired) electrons. The average molecular weight is 329 g/mol. The lowest BCUT2D eigenvalue weighted by molar-refractivity contribution is -0.0116. The Kier molecular flexibility index (Phi) is 4.46. The molecule has 0 aromatic carbocycles. The number of furan rings is 1. The number of ether oxygens (including phenoxy) is 1. The standard InChI is InChI=1S/C19H27N3O2/c1-3-22-12-14(10-21-22)19-17(5-4-8-23-19)20-11-15-6-7-18(24-15)16-9-13(16)2/h6-7,10,12-13,16-17,19-20H,3-5,8-9,11H2,1-2H3/t13-,16-,17+,19-/m1/s1. The van der Waals surface area contributed by atoms with Crippen LogP contribution in [0.5, 0.6) is 0 Å². The van der Waals surface area contributed by atoms with E-state index in [4.69, 9.17) is 9.15 Å². The van der Waals surface area contributed by atoms with Crippen molar-refractivity contribution < 1.29 is 9.15 Å². The molecule has 4 atom stereocenters. The highest BCUT2D eigenvalue weighted by molar-refractivity contribution is 5.18. The molecule has 24 heavy (non-hydrogen) atoms. The van der Waals surface area contributed by atoms with Crippen LogP contribution in [0.15, 0.2) is 28.9 Å². The van der Waals surface area contributed by atoms with Gasteiger partial charge in [0.25, 0.3) is 0 Å². The summed E-state index contributed by atoms with van der Waals surface area (Å²) in [6.45, 7) is 6.85. The quantitative estimate of drug-likeness (QED) is 0.879.